The van der Waals surface area contributed by atoms with Gasteiger partial charge in [-0.15, -0.1) is 0 Å². The van der Waals surface area contributed by atoms with E-state index in [9.17, 15) is 0 Å². The number of hydrogen-bond donors (Lipinski definition) is 0. The van der Waals surface area contributed by atoms with Crippen LogP contribution >= 0.6 is 15.9 Å². The zero-order chi connectivity index (χ0) is 8.69. The third kappa shape index (κ3) is 3.38. The fourth-order valence-electron chi connectivity index (χ4n) is 0.641. The summed E-state index contributed by atoms with van der Waals surface area (Å²) in [6.07, 6.45) is 1.82. The van der Waals surface area contributed by atoms with E-state index in [4.69, 9.17) is 0 Å². The lowest BCUT2D eigenvalue weighted by molar-refractivity contribution is 1.50. The van der Waals surface area contributed by atoms with Gasteiger partial charge in [-0.05, 0) is 11.6 Å². The second-order valence-corrected chi connectivity index (χ2v) is 2.58. The van der Waals surface area contributed by atoms with Crippen LogP contribution in [-0.4, -0.2) is 0 Å². The molecule has 0 nitrogen and oxygen atoms in total. The Kier molecular flexibility index (Phi) is 5.86. The molecule has 0 amide bonds. The van der Waals surface area contributed by atoms with Crippen molar-refractivity contribution in [3.05, 3.63) is 40.9 Å². The normalized spacial score (nSPS) is 7.91. The molecule has 0 aromatic heterocycles. The molecular formula is C10H13Br. The molecule has 11 heavy (non-hydrogen) atoms. The molecule has 1 heteroatoms. The Hall–Kier alpha value is -0.560. The smallest absolute Gasteiger partial charge is 0.0247 e. The molecule has 0 fully saturated rings. The minimum absolute atomic E-state index is 1.10. The molecule has 0 saturated heterocycles. The summed E-state index contributed by atoms with van der Waals surface area (Å²) in [6, 6.07) is 7.98. The van der Waals surface area contributed by atoms with Gasteiger partial charge in [0, 0.05) is 4.47 Å². The van der Waals surface area contributed by atoms with Crippen molar-refractivity contribution in [3.8, 4) is 0 Å². The second-order valence-electron chi connectivity index (χ2n) is 1.73. The molecule has 0 aliphatic carbocycles. The summed E-state index contributed by atoms with van der Waals surface area (Å²) in [5.41, 5.74) is 1.14. The molecule has 1 aromatic rings. The van der Waals surface area contributed by atoms with E-state index in [2.05, 4.69) is 22.5 Å². The van der Waals surface area contributed by atoms with Gasteiger partial charge in [-0.3, -0.25) is 0 Å². The molecule has 0 spiro atoms. The minimum Gasteiger partial charge on any atom is -0.0984 e. The highest BCUT2D eigenvalue weighted by molar-refractivity contribution is 9.10. The van der Waals surface area contributed by atoms with E-state index in [1.807, 2.05) is 44.2 Å². The molecule has 0 N–H and O–H groups in total. The van der Waals surface area contributed by atoms with Gasteiger partial charge in [-0.2, -0.15) is 0 Å². The molecule has 0 bridgehead atoms. The van der Waals surface area contributed by atoms with Gasteiger partial charge < -0.3 is 0 Å². The summed E-state index contributed by atoms with van der Waals surface area (Å²) < 4.78 is 1.10. The molecule has 0 heterocycles. The van der Waals surface area contributed by atoms with Crippen LogP contribution in [0.1, 0.15) is 19.4 Å². The maximum atomic E-state index is 3.66. The Labute approximate surface area is 77.1 Å². The first-order valence-corrected chi connectivity index (χ1v) is 4.51. The first-order valence-electron chi connectivity index (χ1n) is 3.71. The van der Waals surface area contributed by atoms with Crippen molar-refractivity contribution >= 4 is 22.0 Å². The highest BCUT2D eigenvalue weighted by Gasteiger charge is 1.88. The van der Waals surface area contributed by atoms with Crippen LogP contribution in [0.3, 0.4) is 0 Å². The van der Waals surface area contributed by atoms with E-state index >= 15 is 0 Å². The van der Waals surface area contributed by atoms with Crippen LogP contribution < -0.4 is 0 Å². The molecule has 1 rings (SSSR count). The van der Waals surface area contributed by atoms with Crippen molar-refractivity contribution in [1.82, 2.24) is 0 Å². The first-order chi connectivity index (χ1) is 5.34. The predicted octanol–water partition coefficient (Wildman–Crippen LogP) is 4.12. The van der Waals surface area contributed by atoms with Crippen molar-refractivity contribution in [2.75, 3.05) is 0 Å². The maximum Gasteiger partial charge on any atom is 0.0247 e. The van der Waals surface area contributed by atoms with Crippen LogP contribution in [0.25, 0.3) is 6.08 Å². The molecule has 60 valence electrons. The average molecular weight is 213 g/mol. The fourth-order valence-corrected chi connectivity index (χ4v) is 1.09. The Morgan fingerprint density at radius 3 is 2.18 bits per heavy atom. The van der Waals surface area contributed by atoms with Crippen LogP contribution in [0.4, 0.5) is 0 Å². The number of rotatable bonds is 1. The summed E-state index contributed by atoms with van der Waals surface area (Å²) in [4.78, 5) is 0. The van der Waals surface area contributed by atoms with Crippen LogP contribution in [0.15, 0.2) is 35.3 Å². The number of benzene rings is 1. The Morgan fingerprint density at radius 2 is 1.82 bits per heavy atom. The lowest BCUT2D eigenvalue weighted by atomic mass is 10.2. The van der Waals surface area contributed by atoms with Crippen molar-refractivity contribution in [1.29, 1.82) is 0 Å². The van der Waals surface area contributed by atoms with E-state index in [0.717, 1.165) is 10.0 Å². The van der Waals surface area contributed by atoms with E-state index in [0.29, 0.717) is 0 Å². The highest BCUT2D eigenvalue weighted by atomic mass is 79.9. The van der Waals surface area contributed by atoms with Crippen LogP contribution in [0, 0.1) is 0 Å². The van der Waals surface area contributed by atoms with E-state index in [1.165, 1.54) is 0 Å². The monoisotopic (exact) mass is 212 g/mol. The van der Waals surface area contributed by atoms with Gasteiger partial charge in [0.2, 0.25) is 0 Å². The average Bonchev–Trinajstić information content (AvgIpc) is 2.09. The lowest BCUT2D eigenvalue weighted by Gasteiger charge is -1.93. The van der Waals surface area contributed by atoms with E-state index in [-0.39, 0.29) is 0 Å². The van der Waals surface area contributed by atoms with Crippen molar-refractivity contribution in [3.63, 3.8) is 0 Å². The molecule has 0 unspecified atom stereocenters. The zero-order valence-corrected chi connectivity index (χ0v) is 8.56. The van der Waals surface area contributed by atoms with Gasteiger partial charge in [-0.1, -0.05) is 60.6 Å². The minimum atomic E-state index is 1.10. The molecule has 0 saturated carbocycles. The third-order valence-electron chi connectivity index (χ3n) is 1.13. The summed E-state index contributed by atoms with van der Waals surface area (Å²) in [6.45, 7) is 7.66. The quantitative estimate of drug-likeness (QED) is 0.658. The van der Waals surface area contributed by atoms with Crippen LogP contribution in [-0.2, 0) is 0 Å². The first kappa shape index (κ1) is 10.4. The summed E-state index contributed by atoms with van der Waals surface area (Å²) in [5.74, 6) is 0. The SMILES string of the molecule is C=Cc1ccccc1Br.CC. The third-order valence-corrected chi connectivity index (χ3v) is 1.85. The zero-order valence-electron chi connectivity index (χ0n) is 6.97. The maximum absolute atomic E-state index is 3.66. The van der Waals surface area contributed by atoms with E-state index < -0.39 is 0 Å². The van der Waals surface area contributed by atoms with Crippen LogP contribution in [0.5, 0.6) is 0 Å². The number of hydrogen-bond acceptors (Lipinski definition) is 0. The van der Waals surface area contributed by atoms with Gasteiger partial charge in [0.05, 0.1) is 0 Å². The van der Waals surface area contributed by atoms with Gasteiger partial charge in [0.25, 0.3) is 0 Å². The molecule has 0 radical (unpaired) electrons. The topological polar surface area (TPSA) is 0 Å². The largest absolute Gasteiger partial charge is 0.0984 e. The van der Waals surface area contributed by atoms with Gasteiger partial charge in [0.15, 0.2) is 0 Å². The highest BCUT2D eigenvalue weighted by Crippen LogP contribution is 2.15. The molecule has 1 aromatic carbocycles. The molecule has 0 atom stereocenters. The summed E-state index contributed by atoms with van der Waals surface area (Å²) >= 11 is 3.39. The molecule has 0 aliphatic heterocycles. The van der Waals surface area contributed by atoms with Crippen molar-refractivity contribution in [2.45, 2.75) is 13.8 Å². The Morgan fingerprint density at radius 1 is 1.27 bits per heavy atom. The Bertz CT molecular complexity index is 216. The van der Waals surface area contributed by atoms with Crippen molar-refractivity contribution in [2.24, 2.45) is 0 Å². The van der Waals surface area contributed by atoms with Gasteiger partial charge in [0.1, 0.15) is 0 Å². The van der Waals surface area contributed by atoms with Gasteiger partial charge in [-0.25, -0.2) is 0 Å². The molecular weight excluding hydrogens is 200 g/mol. The summed E-state index contributed by atoms with van der Waals surface area (Å²) in [7, 11) is 0. The fraction of sp³-hybridized carbons (Fsp3) is 0.200. The van der Waals surface area contributed by atoms with Gasteiger partial charge >= 0.3 is 0 Å². The van der Waals surface area contributed by atoms with Crippen molar-refractivity contribution < 1.29 is 0 Å². The summed E-state index contributed by atoms with van der Waals surface area (Å²) in [5, 5.41) is 0. The number of halogens is 1. The standard InChI is InChI=1S/C8H7Br.C2H6/c1-2-7-5-3-4-6-8(7)9;1-2/h2-6H,1H2;1-2H3. The van der Waals surface area contributed by atoms with E-state index in [1.54, 1.807) is 0 Å². The second kappa shape index (κ2) is 6.17. The molecule has 0 aliphatic rings. The predicted molar refractivity (Wildman–Crippen MR) is 55.6 cm³/mol. The Balaban J connectivity index is 0.000000461. The van der Waals surface area contributed by atoms with Crippen LogP contribution in [0.2, 0.25) is 0 Å². The lowest BCUT2D eigenvalue weighted by Crippen LogP contribution is -1.70.